The Hall–Kier alpha value is -3.73. The smallest absolute Gasteiger partial charge is 0.428 e. The number of nitriles is 1. The van der Waals surface area contributed by atoms with Gasteiger partial charge in [-0.3, -0.25) is 0 Å². The summed E-state index contributed by atoms with van der Waals surface area (Å²) in [6.07, 6.45) is -0.755. The molecule has 29 heavy (non-hydrogen) atoms. The minimum absolute atomic E-state index is 0.0140. The van der Waals surface area contributed by atoms with Crippen LogP contribution in [0.5, 0.6) is 0 Å². The van der Waals surface area contributed by atoms with Gasteiger partial charge in [0.2, 0.25) is 0 Å². The molecule has 0 aliphatic rings. The topological polar surface area (TPSA) is 112 Å². The zero-order valence-electron chi connectivity index (χ0n) is 16.2. The van der Waals surface area contributed by atoms with Gasteiger partial charge in [0, 0.05) is 12.0 Å². The zero-order chi connectivity index (χ0) is 21.6. The highest BCUT2D eigenvalue weighted by atomic mass is 19.1. The van der Waals surface area contributed by atoms with Crippen LogP contribution in [0.15, 0.2) is 47.6 Å². The van der Waals surface area contributed by atoms with E-state index in [0.29, 0.717) is 5.56 Å². The molecule has 0 aromatic heterocycles. The van der Waals surface area contributed by atoms with E-state index in [4.69, 9.17) is 10.00 Å². The van der Waals surface area contributed by atoms with Gasteiger partial charge in [-0.2, -0.15) is 10.4 Å². The Morgan fingerprint density at radius 1 is 1.21 bits per heavy atom. The number of carbonyl (C=O) groups excluding carboxylic acids is 1. The number of carbonyl (C=O) groups is 2. The first-order valence-electron chi connectivity index (χ1n) is 8.67. The van der Waals surface area contributed by atoms with E-state index in [1.165, 1.54) is 18.2 Å². The lowest BCUT2D eigenvalue weighted by molar-refractivity contribution is 0.0528. The van der Waals surface area contributed by atoms with Crippen LogP contribution in [0.2, 0.25) is 0 Å². The molecular weight excluding hydrogens is 377 g/mol. The Labute approximate surface area is 167 Å². The molecule has 2 aromatic rings. The highest BCUT2D eigenvalue weighted by Crippen LogP contribution is 2.16. The molecule has 2 rings (SSSR count). The van der Waals surface area contributed by atoms with Gasteiger partial charge in [-0.25, -0.2) is 19.4 Å². The minimum atomic E-state index is -1.16. The normalized spacial score (nSPS) is 11.5. The molecule has 0 saturated carbocycles. The van der Waals surface area contributed by atoms with E-state index in [9.17, 15) is 19.1 Å². The van der Waals surface area contributed by atoms with E-state index in [1.54, 1.807) is 45.0 Å². The lowest BCUT2D eigenvalue weighted by Crippen LogP contribution is -2.31. The minimum Gasteiger partial charge on any atom is -0.478 e. The van der Waals surface area contributed by atoms with Crippen LogP contribution < -0.4 is 5.43 Å². The van der Waals surface area contributed by atoms with Crippen LogP contribution in [0.4, 0.5) is 9.18 Å². The van der Waals surface area contributed by atoms with E-state index in [1.807, 2.05) is 0 Å². The SMILES string of the molecule is CC(C)(C)OC(=O)NN=C(Cc1ccc(F)c(C#N)c1)c1ccccc1C(=O)O. The molecule has 0 spiro atoms. The molecule has 150 valence electrons. The van der Waals surface area contributed by atoms with E-state index in [0.717, 1.165) is 6.07 Å². The number of hydrogen-bond donors (Lipinski definition) is 2. The number of hydrazone groups is 1. The van der Waals surface area contributed by atoms with Gasteiger partial charge in [-0.15, -0.1) is 0 Å². The van der Waals surface area contributed by atoms with Crippen molar-refractivity contribution < 1.29 is 23.8 Å². The molecule has 0 aliphatic heterocycles. The predicted octanol–water partition coefficient (Wildman–Crippen LogP) is 3.87. The number of carboxylic acids is 1. The number of rotatable bonds is 5. The van der Waals surface area contributed by atoms with Crippen LogP contribution in [0, 0.1) is 17.1 Å². The highest BCUT2D eigenvalue weighted by Gasteiger charge is 2.18. The van der Waals surface area contributed by atoms with Gasteiger partial charge < -0.3 is 9.84 Å². The summed E-state index contributed by atoms with van der Waals surface area (Å²) in [6.45, 7) is 5.08. The van der Waals surface area contributed by atoms with Crippen molar-refractivity contribution in [3.63, 3.8) is 0 Å². The predicted molar refractivity (Wildman–Crippen MR) is 104 cm³/mol. The molecule has 2 N–H and O–H groups in total. The number of halogens is 1. The maximum atomic E-state index is 13.6. The zero-order valence-corrected chi connectivity index (χ0v) is 16.2. The summed E-state index contributed by atoms with van der Waals surface area (Å²) in [5.74, 6) is -1.82. The van der Waals surface area contributed by atoms with Gasteiger partial charge in [-0.05, 0) is 44.5 Å². The summed E-state index contributed by atoms with van der Waals surface area (Å²) in [7, 11) is 0. The molecule has 0 aliphatic carbocycles. The number of nitrogens with zero attached hydrogens (tertiary/aromatic N) is 2. The van der Waals surface area contributed by atoms with Crippen molar-refractivity contribution in [3.8, 4) is 6.07 Å². The fourth-order valence-corrected chi connectivity index (χ4v) is 2.49. The average molecular weight is 397 g/mol. The third kappa shape index (κ3) is 6.14. The summed E-state index contributed by atoms with van der Waals surface area (Å²) >= 11 is 0. The molecule has 0 saturated heterocycles. The van der Waals surface area contributed by atoms with Crippen molar-refractivity contribution in [3.05, 3.63) is 70.5 Å². The van der Waals surface area contributed by atoms with E-state index in [-0.39, 0.29) is 28.8 Å². The monoisotopic (exact) mass is 397 g/mol. The summed E-state index contributed by atoms with van der Waals surface area (Å²) in [4.78, 5) is 23.6. The van der Waals surface area contributed by atoms with Crippen molar-refractivity contribution in [2.24, 2.45) is 5.10 Å². The first-order valence-corrected chi connectivity index (χ1v) is 8.67. The third-order valence-corrected chi connectivity index (χ3v) is 3.67. The number of benzene rings is 2. The van der Waals surface area contributed by atoms with Gasteiger partial charge in [0.15, 0.2) is 0 Å². The molecular formula is C21H20FN3O4. The van der Waals surface area contributed by atoms with Gasteiger partial charge in [0.1, 0.15) is 17.5 Å². The van der Waals surface area contributed by atoms with Gasteiger partial charge >= 0.3 is 12.1 Å². The second-order valence-electron chi connectivity index (χ2n) is 7.13. The number of aromatic carboxylic acids is 1. The first-order chi connectivity index (χ1) is 13.6. The molecule has 0 unspecified atom stereocenters. The van der Waals surface area contributed by atoms with Crippen molar-refractivity contribution in [2.45, 2.75) is 32.8 Å². The van der Waals surface area contributed by atoms with Crippen LogP contribution in [0.1, 0.15) is 47.8 Å². The summed E-state index contributed by atoms with van der Waals surface area (Å²) in [6, 6.07) is 11.9. The molecule has 1 amide bonds. The number of ether oxygens (including phenoxy) is 1. The Balaban J connectivity index is 2.44. The summed E-state index contributed by atoms with van der Waals surface area (Å²) in [5.41, 5.74) is 2.37. The number of carboxylic acid groups (broad SMARTS) is 1. The van der Waals surface area contributed by atoms with Crippen molar-refractivity contribution in [2.75, 3.05) is 0 Å². The molecule has 0 bridgehead atoms. The van der Waals surface area contributed by atoms with Crippen LogP contribution in [-0.4, -0.2) is 28.5 Å². The lowest BCUT2D eigenvalue weighted by Gasteiger charge is -2.19. The van der Waals surface area contributed by atoms with E-state index in [2.05, 4.69) is 10.5 Å². The molecule has 8 heteroatoms. The van der Waals surface area contributed by atoms with E-state index >= 15 is 0 Å². The molecule has 0 atom stereocenters. The van der Waals surface area contributed by atoms with Crippen LogP contribution in [0.3, 0.4) is 0 Å². The quantitative estimate of drug-likeness (QED) is 0.588. The number of hydrogen-bond acceptors (Lipinski definition) is 5. The van der Waals surface area contributed by atoms with Crippen molar-refractivity contribution in [1.29, 1.82) is 5.26 Å². The number of nitrogens with one attached hydrogen (secondary N) is 1. The Bertz CT molecular complexity index is 1000. The Morgan fingerprint density at radius 2 is 1.86 bits per heavy atom. The van der Waals surface area contributed by atoms with Crippen molar-refractivity contribution >= 4 is 17.8 Å². The molecule has 0 heterocycles. The first kappa shape index (κ1) is 21.6. The maximum absolute atomic E-state index is 13.6. The molecule has 7 nitrogen and oxygen atoms in total. The fraction of sp³-hybridized carbons (Fsp3) is 0.238. The third-order valence-electron chi connectivity index (χ3n) is 3.67. The van der Waals surface area contributed by atoms with Crippen molar-refractivity contribution in [1.82, 2.24) is 5.43 Å². The largest absolute Gasteiger partial charge is 0.478 e. The van der Waals surface area contributed by atoms with E-state index < -0.39 is 23.5 Å². The number of amides is 1. The maximum Gasteiger partial charge on any atom is 0.428 e. The van der Waals surface area contributed by atoms with Crippen LogP contribution >= 0.6 is 0 Å². The Morgan fingerprint density at radius 3 is 2.45 bits per heavy atom. The lowest BCUT2D eigenvalue weighted by atomic mass is 9.97. The van der Waals surface area contributed by atoms with Crippen LogP contribution in [-0.2, 0) is 11.2 Å². The molecule has 0 fully saturated rings. The molecule has 2 aromatic carbocycles. The summed E-state index contributed by atoms with van der Waals surface area (Å²) < 4.78 is 18.7. The van der Waals surface area contributed by atoms with Gasteiger partial charge in [-0.1, -0.05) is 24.3 Å². The highest BCUT2D eigenvalue weighted by molar-refractivity contribution is 6.09. The van der Waals surface area contributed by atoms with Gasteiger partial charge in [0.05, 0.1) is 16.8 Å². The second-order valence-corrected chi connectivity index (χ2v) is 7.13. The molecule has 0 radical (unpaired) electrons. The summed E-state index contributed by atoms with van der Waals surface area (Å²) in [5, 5.41) is 22.5. The Kier molecular flexibility index (Phi) is 6.67. The second kappa shape index (κ2) is 8.97. The van der Waals surface area contributed by atoms with Gasteiger partial charge in [0.25, 0.3) is 0 Å². The standard InChI is InChI=1S/C21H20FN3O4/c1-21(2,3)29-20(28)25-24-18(15-6-4-5-7-16(15)19(26)27)11-13-8-9-17(22)14(10-13)12-23/h4-10H,11H2,1-3H3,(H,25,28)(H,26,27). The van der Waals surface area contributed by atoms with Crippen LogP contribution in [0.25, 0.3) is 0 Å². The fourth-order valence-electron chi connectivity index (χ4n) is 2.49. The average Bonchev–Trinajstić information content (AvgIpc) is 2.65.